The van der Waals surface area contributed by atoms with Gasteiger partial charge >= 0.3 is 0 Å². The molecule has 1 heterocycles. The average Bonchev–Trinajstić information content (AvgIpc) is 2.55. The fraction of sp³-hybridized carbons (Fsp3) is 0.588. The van der Waals surface area contributed by atoms with Crippen LogP contribution in [0.1, 0.15) is 18.9 Å². The number of halogens is 1. The lowest BCUT2D eigenvalue weighted by Gasteiger charge is -2.29. The number of benzene rings is 1. The Kier molecular flexibility index (Phi) is 6.68. The van der Waals surface area contributed by atoms with Gasteiger partial charge in [0.2, 0.25) is 5.91 Å². The molecule has 2 rings (SSSR count). The van der Waals surface area contributed by atoms with Crippen LogP contribution in [0.25, 0.3) is 0 Å². The van der Waals surface area contributed by atoms with Crippen molar-refractivity contribution in [3.8, 4) is 0 Å². The predicted octanol–water partition coefficient (Wildman–Crippen LogP) is 2.02. The maximum Gasteiger partial charge on any atom is 0.223 e. The van der Waals surface area contributed by atoms with Crippen LogP contribution in [-0.2, 0) is 11.2 Å². The van der Waals surface area contributed by atoms with Gasteiger partial charge in [-0.2, -0.15) is 0 Å². The largest absolute Gasteiger partial charge is 0.340 e. The molecule has 1 N–H and O–H groups in total. The molecule has 0 saturated carbocycles. The predicted molar refractivity (Wildman–Crippen MR) is 91.3 cm³/mol. The van der Waals surface area contributed by atoms with Crippen LogP contribution in [-0.4, -0.2) is 61.5 Å². The SMILES string of the molecule is CC(Cc1ccc(Cl)cc1)N(C)CCC(=O)N1CCNCC1. The highest BCUT2D eigenvalue weighted by Crippen LogP contribution is 2.13. The first kappa shape index (κ1) is 17.3. The third-order valence-electron chi connectivity index (χ3n) is 4.34. The number of likely N-dealkylation sites (N-methyl/N-ethyl adjacent to an activating group) is 1. The van der Waals surface area contributed by atoms with Crippen molar-refractivity contribution in [2.45, 2.75) is 25.8 Å². The van der Waals surface area contributed by atoms with Gasteiger partial charge in [0.05, 0.1) is 0 Å². The summed E-state index contributed by atoms with van der Waals surface area (Å²) in [5.74, 6) is 0.270. The van der Waals surface area contributed by atoms with Crippen LogP contribution in [0.5, 0.6) is 0 Å². The second-order valence-electron chi connectivity index (χ2n) is 6.04. The maximum atomic E-state index is 12.2. The first-order valence-corrected chi connectivity index (χ1v) is 8.37. The second kappa shape index (κ2) is 8.51. The van der Waals surface area contributed by atoms with Gasteiger partial charge in [0, 0.05) is 50.2 Å². The van der Waals surface area contributed by atoms with Gasteiger partial charge in [-0.1, -0.05) is 23.7 Å². The van der Waals surface area contributed by atoms with Crippen LogP contribution in [0.4, 0.5) is 0 Å². The van der Waals surface area contributed by atoms with Crippen molar-refractivity contribution in [3.05, 3.63) is 34.9 Å². The Morgan fingerprint density at radius 2 is 1.95 bits per heavy atom. The second-order valence-corrected chi connectivity index (χ2v) is 6.48. The van der Waals surface area contributed by atoms with Crippen molar-refractivity contribution < 1.29 is 4.79 Å². The van der Waals surface area contributed by atoms with E-state index in [1.54, 1.807) is 0 Å². The molecule has 1 aliphatic rings. The van der Waals surface area contributed by atoms with Gasteiger partial charge in [-0.3, -0.25) is 4.79 Å². The number of amides is 1. The number of nitrogens with zero attached hydrogens (tertiary/aromatic N) is 2. The molecule has 22 heavy (non-hydrogen) atoms. The molecule has 1 unspecified atom stereocenters. The summed E-state index contributed by atoms with van der Waals surface area (Å²) >= 11 is 5.91. The highest BCUT2D eigenvalue weighted by atomic mass is 35.5. The molecule has 1 amide bonds. The molecule has 1 aromatic rings. The molecule has 0 aromatic heterocycles. The zero-order chi connectivity index (χ0) is 15.9. The number of carbonyl (C=O) groups is 1. The Morgan fingerprint density at radius 1 is 1.32 bits per heavy atom. The topological polar surface area (TPSA) is 35.6 Å². The molecule has 0 bridgehead atoms. The van der Waals surface area contributed by atoms with Gasteiger partial charge in [0.1, 0.15) is 0 Å². The minimum Gasteiger partial charge on any atom is -0.340 e. The van der Waals surface area contributed by atoms with Gasteiger partial charge in [0.25, 0.3) is 0 Å². The van der Waals surface area contributed by atoms with Gasteiger partial charge in [0.15, 0.2) is 0 Å². The summed E-state index contributed by atoms with van der Waals surface area (Å²) < 4.78 is 0. The van der Waals surface area contributed by atoms with Crippen LogP contribution in [0.3, 0.4) is 0 Å². The molecule has 1 atom stereocenters. The molecule has 122 valence electrons. The summed E-state index contributed by atoms with van der Waals surface area (Å²) in [7, 11) is 2.09. The highest BCUT2D eigenvalue weighted by molar-refractivity contribution is 6.30. The zero-order valence-electron chi connectivity index (χ0n) is 13.5. The molecule has 5 heteroatoms. The number of nitrogens with one attached hydrogen (secondary N) is 1. The third-order valence-corrected chi connectivity index (χ3v) is 4.60. The lowest BCUT2D eigenvalue weighted by Crippen LogP contribution is -2.47. The summed E-state index contributed by atoms with van der Waals surface area (Å²) in [5.41, 5.74) is 1.28. The minimum absolute atomic E-state index is 0.270. The number of rotatable bonds is 6. The lowest BCUT2D eigenvalue weighted by atomic mass is 10.1. The molecule has 0 aliphatic carbocycles. The number of carbonyl (C=O) groups excluding carboxylic acids is 1. The van der Waals surface area contributed by atoms with Crippen molar-refractivity contribution >= 4 is 17.5 Å². The van der Waals surface area contributed by atoms with E-state index < -0.39 is 0 Å². The standard InChI is InChI=1S/C17H26ClN3O/c1-14(13-15-3-5-16(18)6-4-15)20(2)10-7-17(22)21-11-8-19-9-12-21/h3-6,14,19H,7-13H2,1-2H3. The van der Waals surface area contributed by atoms with E-state index in [1.165, 1.54) is 5.56 Å². The number of hydrogen-bond acceptors (Lipinski definition) is 3. The van der Waals surface area contributed by atoms with E-state index in [4.69, 9.17) is 11.6 Å². The van der Waals surface area contributed by atoms with Crippen LogP contribution >= 0.6 is 11.6 Å². The molecule has 1 aromatic carbocycles. The van der Waals surface area contributed by atoms with Gasteiger partial charge in [-0.05, 0) is 38.1 Å². The summed E-state index contributed by atoms with van der Waals surface area (Å²) in [6, 6.07) is 8.39. The van der Waals surface area contributed by atoms with E-state index in [2.05, 4.69) is 36.3 Å². The monoisotopic (exact) mass is 323 g/mol. The first-order chi connectivity index (χ1) is 10.6. The Bertz CT molecular complexity index is 471. The number of hydrogen-bond donors (Lipinski definition) is 1. The van der Waals surface area contributed by atoms with Gasteiger partial charge in [-0.15, -0.1) is 0 Å². The summed E-state index contributed by atoms with van der Waals surface area (Å²) in [5, 5.41) is 4.04. The molecule has 1 fully saturated rings. The normalized spacial score (nSPS) is 16.8. The quantitative estimate of drug-likeness (QED) is 0.870. The van der Waals surface area contributed by atoms with Crippen LogP contribution in [0.15, 0.2) is 24.3 Å². The van der Waals surface area contributed by atoms with E-state index in [1.807, 2.05) is 17.0 Å². The van der Waals surface area contributed by atoms with Crippen molar-refractivity contribution in [1.29, 1.82) is 0 Å². The Labute approximate surface area is 138 Å². The van der Waals surface area contributed by atoms with Gasteiger partial charge < -0.3 is 15.1 Å². The first-order valence-electron chi connectivity index (χ1n) is 7.99. The Morgan fingerprint density at radius 3 is 2.59 bits per heavy atom. The van der Waals surface area contributed by atoms with E-state index in [-0.39, 0.29) is 5.91 Å². The van der Waals surface area contributed by atoms with Crippen LogP contribution < -0.4 is 5.32 Å². The summed E-state index contributed by atoms with van der Waals surface area (Å²) in [6.45, 7) is 6.50. The molecule has 0 spiro atoms. The fourth-order valence-electron chi connectivity index (χ4n) is 2.68. The molecule has 4 nitrogen and oxygen atoms in total. The van der Waals surface area contributed by atoms with E-state index >= 15 is 0 Å². The van der Waals surface area contributed by atoms with Crippen molar-refractivity contribution in [2.75, 3.05) is 39.8 Å². The molecular weight excluding hydrogens is 298 g/mol. The van der Waals surface area contributed by atoms with E-state index in [9.17, 15) is 4.79 Å². The third kappa shape index (κ3) is 5.27. The lowest BCUT2D eigenvalue weighted by molar-refractivity contribution is -0.132. The minimum atomic E-state index is 0.270. The maximum absolute atomic E-state index is 12.2. The molecule has 0 radical (unpaired) electrons. The zero-order valence-corrected chi connectivity index (χ0v) is 14.3. The average molecular weight is 324 g/mol. The molecule has 1 aliphatic heterocycles. The summed E-state index contributed by atoms with van der Waals surface area (Å²) in [6.07, 6.45) is 1.57. The van der Waals surface area contributed by atoms with E-state index in [0.717, 1.165) is 44.2 Å². The molecule has 1 saturated heterocycles. The fourth-order valence-corrected chi connectivity index (χ4v) is 2.81. The Hall–Kier alpha value is -1.10. The van der Waals surface area contributed by atoms with Gasteiger partial charge in [-0.25, -0.2) is 0 Å². The van der Waals surface area contributed by atoms with Crippen molar-refractivity contribution in [1.82, 2.24) is 15.1 Å². The summed E-state index contributed by atoms with van der Waals surface area (Å²) in [4.78, 5) is 16.4. The Balaban J connectivity index is 1.74. The molecular formula is C17H26ClN3O. The smallest absolute Gasteiger partial charge is 0.223 e. The van der Waals surface area contributed by atoms with Crippen LogP contribution in [0, 0.1) is 0 Å². The highest BCUT2D eigenvalue weighted by Gasteiger charge is 2.17. The van der Waals surface area contributed by atoms with Crippen molar-refractivity contribution in [2.24, 2.45) is 0 Å². The van der Waals surface area contributed by atoms with Crippen molar-refractivity contribution in [3.63, 3.8) is 0 Å². The van der Waals surface area contributed by atoms with Crippen LogP contribution in [0.2, 0.25) is 5.02 Å². The van der Waals surface area contributed by atoms with E-state index in [0.29, 0.717) is 12.5 Å². The number of piperazine rings is 1.